The van der Waals surface area contributed by atoms with Crippen molar-refractivity contribution in [1.29, 1.82) is 0 Å². The molecule has 0 aromatic carbocycles. The third-order valence-electron chi connectivity index (χ3n) is 1.58. The van der Waals surface area contributed by atoms with Crippen molar-refractivity contribution >= 4 is 9.84 Å². The Kier molecular flexibility index (Phi) is 2.98. The zero-order valence-electron chi connectivity index (χ0n) is 7.61. The summed E-state index contributed by atoms with van der Waals surface area (Å²) in [5, 5.41) is -0.792. The number of hydrogen-bond donors (Lipinski definition) is 0. The van der Waals surface area contributed by atoms with Gasteiger partial charge in [-0.1, -0.05) is 6.92 Å². The molecule has 1 aromatic rings. The Hall–Kier alpha value is -1.18. The summed E-state index contributed by atoms with van der Waals surface area (Å²) in [6, 6.07) is 0.620. The Labute approximate surface area is 84.1 Å². The molecule has 1 rings (SSSR count). The molecular weight excluding hydrogens is 233 g/mol. The van der Waals surface area contributed by atoms with Gasteiger partial charge in [-0.05, 0) is 6.07 Å². The minimum Gasteiger partial charge on any atom is -0.227 e. The molecule has 0 saturated carbocycles. The molecule has 0 radical (unpaired) electrons. The molecule has 0 aliphatic carbocycles. The van der Waals surface area contributed by atoms with Crippen LogP contribution in [0.15, 0.2) is 17.4 Å². The lowest BCUT2D eigenvalue weighted by Crippen LogP contribution is -2.14. The fourth-order valence-corrected chi connectivity index (χ4v) is 1.49. The third-order valence-corrected chi connectivity index (χ3v) is 3.10. The van der Waals surface area contributed by atoms with E-state index < -0.39 is 26.9 Å². The molecular formula is C7H7F3N2O2S. The first-order valence-electron chi connectivity index (χ1n) is 3.90. The second-order valence-corrected chi connectivity index (χ2v) is 4.80. The van der Waals surface area contributed by atoms with Crippen LogP contribution in [0.2, 0.25) is 0 Å². The summed E-state index contributed by atoms with van der Waals surface area (Å²) in [6.07, 6.45) is -3.89. The number of halogens is 3. The van der Waals surface area contributed by atoms with Gasteiger partial charge < -0.3 is 0 Å². The van der Waals surface area contributed by atoms with Crippen molar-refractivity contribution in [2.24, 2.45) is 0 Å². The lowest BCUT2D eigenvalue weighted by atomic mass is 10.4. The van der Waals surface area contributed by atoms with E-state index in [1.54, 1.807) is 0 Å². The summed E-state index contributed by atoms with van der Waals surface area (Å²) < 4.78 is 58.9. The van der Waals surface area contributed by atoms with E-state index in [9.17, 15) is 21.6 Å². The van der Waals surface area contributed by atoms with E-state index in [4.69, 9.17) is 0 Å². The van der Waals surface area contributed by atoms with Crippen molar-refractivity contribution in [2.45, 2.75) is 18.3 Å². The molecule has 0 spiro atoms. The minimum atomic E-state index is -4.67. The van der Waals surface area contributed by atoms with Gasteiger partial charge in [-0.3, -0.25) is 0 Å². The number of aromatic nitrogens is 2. The number of hydrogen-bond acceptors (Lipinski definition) is 4. The quantitative estimate of drug-likeness (QED) is 0.731. The molecule has 1 aromatic heterocycles. The van der Waals surface area contributed by atoms with Crippen LogP contribution >= 0.6 is 0 Å². The molecule has 0 aliphatic rings. The van der Waals surface area contributed by atoms with Crippen LogP contribution in [0, 0.1) is 0 Å². The van der Waals surface area contributed by atoms with Gasteiger partial charge in [0.25, 0.3) is 0 Å². The van der Waals surface area contributed by atoms with Crippen molar-refractivity contribution in [3.8, 4) is 0 Å². The number of sulfone groups is 1. The first-order chi connectivity index (χ1) is 6.77. The lowest BCUT2D eigenvalue weighted by molar-refractivity contribution is -0.141. The van der Waals surface area contributed by atoms with E-state index in [1.807, 2.05) is 0 Å². The van der Waals surface area contributed by atoms with E-state index >= 15 is 0 Å². The summed E-state index contributed by atoms with van der Waals surface area (Å²) in [4.78, 5) is 6.26. The van der Waals surface area contributed by atoms with Crippen molar-refractivity contribution in [2.75, 3.05) is 5.75 Å². The smallest absolute Gasteiger partial charge is 0.227 e. The Balaban J connectivity index is 3.27. The van der Waals surface area contributed by atoms with Gasteiger partial charge in [-0.25, -0.2) is 18.4 Å². The largest absolute Gasteiger partial charge is 0.433 e. The molecule has 8 heteroatoms. The van der Waals surface area contributed by atoms with Crippen LogP contribution in [0.5, 0.6) is 0 Å². The standard InChI is InChI=1S/C7H7F3N2O2S/c1-2-15(13,14)6-11-4-3-5(12-6)7(8,9)10/h3-4H,2H2,1H3. The van der Waals surface area contributed by atoms with Crippen LogP contribution in [0.4, 0.5) is 13.2 Å². The second kappa shape index (κ2) is 3.76. The van der Waals surface area contributed by atoms with Crippen molar-refractivity contribution < 1.29 is 21.6 Å². The first kappa shape index (κ1) is 11.9. The van der Waals surface area contributed by atoms with Crippen LogP contribution in [0.3, 0.4) is 0 Å². The molecule has 0 unspecified atom stereocenters. The maximum absolute atomic E-state index is 12.2. The van der Waals surface area contributed by atoms with Gasteiger partial charge in [-0.15, -0.1) is 0 Å². The highest BCUT2D eigenvalue weighted by Crippen LogP contribution is 2.27. The molecule has 0 saturated heterocycles. The Morgan fingerprint density at radius 1 is 1.40 bits per heavy atom. The number of rotatable bonds is 2. The minimum absolute atomic E-state index is 0.339. The maximum atomic E-state index is 12.2. The van der Waals surface area contributed by atoms with Gasteiger partial charge in [0, 0.05) is 6.20 Å². The predicted octanol–water partition coefficient (Wildman–Crippen LogP) is 1.29. The molecule has 84 valence electrons. The molecule has 0 atom stereocenters. The molecule has 0 fully saturated rings. The average Bonchev–Trinajstić information content (AvgIpc) is 2.17. The Bertz CT molecular complexity index is 456. The zero-order valence-corrected chi connectivity index (χ0v) is 8.43. The maximum Gasteiger partial charge on any atom is 0.433 e. The van der Waals surface area contributed by atoms with E-state index in [1.165, 1.54) is 6.92 Å². The van der Waals surface area contributed by atoms with E-state index in [0.717, 1.165) is 6.20 Å². The van der Waals surface area contributed by atoms with Crippen LogP contribution < -0.4 is 0 Å². The molecule has 0 N–H and O–H groups in total. The van der Waals surface area contributed by atoms with Crippen molar-refractivity contribution in [3.05, 3.63) is 18.0 Å². The predicted molar refractivity (Wildman–Crippen MR) is 44.8 cm³/mol. The molecule has 15 heavy (non-hydrogen) atoms. The molecule has 1 heterocycles. The Morgan fingerprint density at radius 3 is 2.47 bits per heavy atom. The number of nitrogens with zero attached hydrogens (tertiary/aromatic N) is 2. The van der Waals surface area contributed by atoms with Crippen molar-refractivity contribution in [1.82, 2.24) is 9.97 Å². The normalized spacial score (nSPS) is 12.8. The fraction of sp³-hybridized carbons (Fsp3) is 0.429. The fourth-order valence-electron chi connectivity index (χ4n) is 0.778. The zero-order chi connectivity index (χ0) is 11.7. The summed E-state index contributed by atoms with van der Waals surface area (Å²) >= 11 is 0. The van der Waals surface area contributed by atoms with Gasteiger partial charge in [0.2, 0.25) is 15.0 Å². The summed E-state index contributed by atoms with van der Waals surface area (Å²) in [6.45, 7) is 1.30. The number of alkyl halides is 3. The summed E-state index contributed by atoms with van der Waals surface area (Å²) in [5.41, 5.74) is -1.26. The molecule has 4 nitrogen and oxygen atoms in total. The second-order valence-electron chi connectivity index (χ2n) is 2.63. The molecule has 0 aliphatic heterocycles. The van der Waals surface area contributed by atoms with E-state index in [2.05, 4.69) is 9.97 Å². The van der Waals surface area contributed by atoms with E-state index in [0.29, 0.717) is 6.07 Å². The summed E-state index contributed by atoms with van der Waals surface area (Å²) in [5.74, 6) is -0.339. The van der Waals surface area contributed by atoms with Crippen LogP contribution in [-0.4, -0.2) is 24.1 Å². The van der Waals surface area contributed by atoms with Gasteiger partial charge >= 0.3 is 6.18 Å². The first-order valence-corrected chi connectivity index (χ1v) is 5.55. The molecule has 0 bridgehead atoms. The van der Waals surface area contributed by atoms with Crippen LogP contribution in [-0.2, 0) is 16.0 Å². The monoisotopic (exact) mass is 240 g/mol. The lowest BCUT2D eigenvalue weighted by Gasteiger charge is -2.06. The molecule has 0 amide bonds. The van der Waals surface area contributed by atoms with Gasteiger partial charge in [-0.2, -0.15) is 13.2 Å². The van der Waals surface area contributed by atoms with Crippen LogP contribution in [0.1, 0.15) is 12.6 Å². The highest BCUT2D eigenvalue weighted by molar-refractivity contribution is 7.91. The van der Waals surface area contributed by atoms with Crippen molar-refractivity contribution in [3.63, 3.8) is 0 Å². The highest BCUT2D eigenvalue weighted by atomic mass is 32.2. The van der Waals surface area contributed by atoms with Gasteiger partial charge in [0.1, 0.15) is 5.69 Å². The van der Waals surface area contributed by atoms with Gasteiger partial charge in [0.05, 0.1) is 5.75 Å². The Morgan fingerprint density at radius 2 is 2.00 bits per heavy atom. The van der Waals surface area contributed by atoms with Gasteiger partial charge in [0.15, 0.2) is 0 Å². The SMILES string of the molecule is CCS(=O)(=O)c1nccc(C(F)(F)F)n1. The van der Waals surface area contributed by atoms with E-state index in [-0.39, 0.29) is 5.75 Å². The summed E-state index contributed by atoms with van der Waals surface area (Å²) in [7, 11) is -3.80. The van der Waals surface area contributed by atoms with Crippen LogP contribution in [0.25, 0.3) is 0 Å². The topological polar surface area (TPSA) is 59.9 Å². The average molecular weight is 240 g/mol. The highest BCUT2D eigenvalue weighted by Gasteiger charge is 2.33. The third kappa shape index (κ3) is 2.65.